The van der Waals surface area contributed by atoms with Gasteiger partial charge in [0, 0.05) is 18.3 Å². The van der Waals surface area contributed by atoms with Crippen LogP contribution in [0.2, 0.25) is 5.02 Å². The highest BCUT2D eigenvalue weighted by Crippen LogP contribution is 2.35. The van der Waals surface area contributed by atoms with Crippen molar-refractivity contribution >= 4 is 28.9 Å². The third-order valence-electron chi connectivity index (χ3n) is 3.55. The number of anilines is 2. The van der Waals surface area contributed by atoms with E-state index in [4.69, 9.17) is 17.3 Å². The molecule has 3 N–H and O–H groups in total. The first-order chi connectivity index (χ1) is 9.81. The SMILES string of the molecule is CCC(CC)N(CC(C)C)c1c(Cl)cc(N)cc1C(=O)O. The average molecular weight is 313 g/mol. The molecule has 0 spiro atoms. The molecule has 1 rings (SSSR count). The number of halogens is 1. The maximum Gasteiger partial charge on any atom is 0.337 e. The minimum atomic E-state index is -1.00. The Morgan fingerprint density at radius 2 is 1.90 bits per heavy atom. The van der Waals surface area contributed by atoms with Gasteiger partial charge in [0.1, 0.15) is 0 Å². The van der Waals surface area contributed by atoms with Crippen LogP contribution >= 0.6 is 11.6 Å². The number of carboxylic acid groups (broad SMARTS) is 1. The van der Waals surface area contributed by atoms with Crippen molar-refractivity contribution in [2.45, 2.75) is 46.6 Å². The fourth-order valence-corrected chi connectivity index (χ4v) is 2.96. The second-order valence-electron chi connectivity index (χ2n) is 5.72. The molecule has 1 aromatic carbocycles. The molecule has 5 heteroatoms. The van der Waals surface area contributed by atoms with Crippen molar-refractivity contribution in [3.8, 4) is 0 Å². The van der Waals surface area contributed by atoms with Gasteiger partial charge in [0.25, 0.3) is 0 Å². The summed E-state index contributed by atoms with van der Waals surface area (Å²) in [6.45, 7) is 9.19. The standard InChI is InChI=1S/C16H25ClN2O2/c1-5-12(6-2)19(9-10(3)4)15-13(16(20)21)7-11(18)8-14(15)17/h7-8,10,12H,5-6,9,18H2,1-4H3,(H,20,21). The monoisotopic (exact) mass is 312 g/mol. The number of nitrogen functional groups attached to an aromatic ring is 1. The first kappa shape index (κ1) is 17.6. The fourth-order valence-electron chi connectivity index (χ4n) is 2.62. The van der Waals surface area contributed by atoms with Crippen LogP contribution in [0.15, 0.2) is 12.1 Å². The molecule has 0 bridgehead atoms. The van der Waals surface area contributed by atoms with Crippen LogP contribution in [0.25, 0.3) is 0 Å². The maximum atomic E-state index is 11.6. The number of carbonyl (C=O) groups is 1. The highest BCUT2D eigenvalue weighted by molar-refractivity contribution is 6.34. The number of hydrogen-bond donors (Lipinski definition) is 2. The van der Waals surface area contributed by atoms with E-state index in [-0.39, 0.29) is 11.6 Å². The van der Waals surface area contributed by atoms with Crippen molar-refractivity contribution in [1.29, 1.82) is 0 Å². The molecule has 0 saturated carbocycles. The van der Waals surface area contributed by atoms with E-state index in [0.29, 0.717) is 22.3 Å². The van der Waals surface area contributed by atoms with Gasteiger partial charge in [0.15, 0.2) is 0 Å². The third kappa shape index (κ3) is 4.27. The molecule has 118 valence electrons. The van der Waals surface area contributed by atoms with Crippen LogP contribution < -0.4 is 10.6 Å². The van der Waals surface area contributed by atoms with Gasteiger partial charge in [0.05, 0.1) is 16.3 Å². The van der Waals surface area contributed by atoms with Crippen molar-refractivity contribution in [3.05, 3.63) is 22.7 Å². The van der Waals surface area contributed by atoms with Gasteiger partial charge >= 0.3 is 5.97 Å². The molecule has 0 aliphatic heterocycles. The Bertz CT molecular complexity index is 499. The van der Waals surface area contributed by atoms with E-state index >= 15 is 0 Å². The molecule has 21 heavy (non-hydrogen) atoms. The number of rotatable bonds is 7. The first-order valence-electron chi connectivity index (χ1n) is 7.40. The van der Waals surface area contributed by atoms with Crippen LogP contribution in [0.5, 0.6) is 0 Å². The van der Waals surface area contributed by atoms with E-state index in [0.717, 1.165) is 19.4 Å². The number of carboxylic acids is 1. The molecule has 0 saturated heterocycles. The Morgan fingerprint density at radius 1 is 1.33 bits per heavy atom. The Kier molecular flexibility index (Phi) is 6.34. The highest BCUT2D eigenvalue weighted by Gasteiger charge is 2.25. The fraction of sp³-hybridized carbons (Fsp3) is 0.562. The van der Waals surface area contributed by atoms with E-state index in [1.807, 2.05) is 0 Å². The summed E-state index contributed by atoms with van der Waals surface area (Å²) in [5.41, 5.74) is 6.87. The quantitative estimate of drug-likeness (QED) is 0.738. The van der Waals surface area contributed by atoms with Crippen LogP contribution in [0.1, 0.15) is 50.9 Å². The molecule has 0 fully saturated rings. The summed E-state index contributed by atoms with van der Waals surface area (Å²) in [6.07, 6.45) is 1.87. The van der Waals surface area contributed by atoms with E-state index < -0.39 is 5.97 Å². The van der Waals surface area contributed by atoms with Crippen molar-refractivity contribution in [1.82, 2.24) is 0 Å². The minimum absolute atomic E-state index is 0.174. The Morgan fingerprint density at radius 3 is 2.33 bits per heavy atom. The lowest BCUT2D eigenvalue weighted by molar-refractivity contribution is 0.0697. The zero-order valence-corrected chi connectivity index (χ0v) is 13.9. The third-order valence-corrected chi connectivity index (χ3v) is 3.84. The topological polar surface area (TPSA) is 66.6 Å². The summed E-state index contributed by atoms with van der Waals surface area (Å²) < 4.78 is 0. The molecule has 4 nitrogen and oxygen atoms in total. The van der Waals surface area contributed by atoms with E-state index in [1.54, 1.807) is 6.07 Å². The van der Waals surface area contributed by atoms with Crippen LogP contribution in [0, 0.1) is 5.92 Å². The summed E-state index contributed by atoms with van der Waals surface area (Å²) in [7, 11) is 0. The van der Waals surface area contributed by atoms with E-state index in [1.165, 1.54) is 6.07 Å². The Balaban J connectivity index is 3.45. The van der Waals surface area contributed by atoms with Crippen LogP contribution in [0.4, 0.5) is 11.4 Å². The zero-order valence-electron chi connectivity index (χ0n) is 13.2. The van der Waals surface area contributed by atoms with Crippen molar-refractivity contribution in [2.75, 3.05) is 17.2 Å². The largest absolute Gasteiger partial charge is 0.478 e. The first-order valence-corrected chi connectivity index (χ1v) is 7.78. The van der Waals surface area contributed by atoms with Crippen LogP contribution in [-0.4, -0.2) is 23.7 Å². The van der Waals surface area contributed by atoms with Gasteiger partial charge in [-0.15, -0.1) is 0 Å². The molecule has 0 atom stereocenters. The molecule has 0 amide bonds. The van der Waals surface area contributed by atoms with Crippen LogP contribution in [-0.2, 0) is 0 Å². The summed E-state index contributed by atoms with van der Waals surface area (Å²) in [5, 5.41) is 9.89. The maximum absolute atomic E-state index is 11.6. The predicted octanol–water partition coefficient (Wildman–Crippen LogP) is 4.27. The molecule has 0 aliphatic rings. The average Bonchev–Trinajstić information content (AvgIpc) is 2.37. The lowest BCUT2D eigenvalue weighted by Crippen LogP contribution is -2.38. The number of benzene rings is 1. The molecular formula is C16H25ClN2O2. The van der Waals surface area contributed by atoms with Gasteiger partial charge in [-0.05, 0) is 30.9 Å². The molecule has 0 aliphatic carbocycles. The Labute approximate surface area is 131 Å². The van der Waals surface area contributed by atoms with Crippen molar-refractivity contribution in [3.63, 3.8) is 0 Å². The number of nitrogens with zero attached hydrogens (tertiary/aromatic N) is 1. The molecule has 0 radical (unpaired) electrons. The van der Waals surface area contributed by atoms with Crippen molar-refractivity contribution < 1.29 is 9.90 Å². The molecule has 0 heterocycles. The number of aromatic carboxylic acids is 1. The molecule has 0 unspecified atom stereocenters. The summed E-state index contributed by atoms with van der Waals surface area (Å²) in [4.78, 5) is 13.7. The summed E-state index contributed by atoms with van der Waals surface area (Å²) in [5.74, 6) is -0.597. The minimum Gasteiger partial charge on any atom is -0.478 e. The number of nitrogens with two attached hydrogens (primary N) is 1. The molecule has 0 aromatic heterocycles. The van der Waals surface area contributed by atoms with Gasteiger partial charge < -0.3 is 15.7 Å². The van der Waals surface area contributed by atoms with Crippen molar-refractivity contribution in [2.24, 2.45) is 5.92 Å². The lowest BCUT2D eigenvalue weighted by Gasteiger charge is -2.35. The van der Waals surface area contributed by atoms with Crippen LogP contribution in [0.3, 0.4) is 0 Å². The summed E-state index contributed by atoms with van der Waals surface area (Å²) >= 11 is 6.33. The normalized spacial score (nSPS) is 11.2. The summed E-state index contributed by atoms with van der Waals surface area (Å²) in [6, 6.07) is 3.37. The van der Waals surface area contributed by atoms with Gasteiger partial charge in [-0.25, -0.2) is 4.79 Å². The smallest absolute Gasteiger partial charge is 0.337 e. The Hall–Kier alpha value is -1.42. The van der Waals surface area contributed by atoms with Gasteiger partial charge in [-0.3, -0.25) is 0 Å². The van der Waals surface area contributed by atoms with Gasteiger partial charge in [-0.1, -0.05) is 39.3 Å². The van der Waals surface area contributed by atoms with Gasteiger partial charge in [-0.2, -0.15) is 0 Å². The lowest BCUT2D eigenvalue weighted by atomic mass is 10.0. The van der Waals surface area contributed by atoms with E-state index in [2.05, 4.69) is 32.6 Å². The number of hydrogen-bond acceptors (Lipinski definition) is 3. The zero-order chi connectivity index (χ0) is 16.2. The second-order valence-corrected chi connectivity index (χ2v) is 6.13. The highest BCUT2D eigenvalue weighted by atomic mass is 35.5. The predicted molar refractivity (Wildman–Crippen MR) is 89.4 cm³/mol. The van der Waals surface area contributed by atoms with Gasteiger partial charge in [0.2, 0.25) is 0 Å². The molecule has 1 aromatic rings. The van der Waals surface area contributed by atoms with E-state index in [9.17, 15) is 9.90 Å². The second kappa shape index (κ2) is 7.55. The molecular weight excluding hydrogens is 288 g/mol.